The summed E-state index contributed by atoms with van der Waals surface area (Å²) in [5.74, 6) is -1.61. The molecule has 0 spiro atoms. The van der Waals surface area contributed by atoms with Gasteiger partial charge in [0.25, 0.3) is 5.91 Å². The van der Waals surface area contributed by atoms with Crippen molar-refractivity contribution in [3.63, 3.8) is 0 Å². The highest BCUT2D eigenvalue weighted by Crippen LogP contribution is 2.34. The van der Waals surface area contributed by atoms with Gasteiger partial charge in [0.1, 0.15) is 23.6 Å². The predicted octanol–water partition coefficient (Wildman–Crippen LogP) is 2.78. The Bertz CT molecular complexity index is 1120. The number of amides is 3. The van der Waals surface area contributed by atoms with E-state index in [1.807, 2.05) is 0 Å². The van der Waals surface area contributed by atoms with E-state index < -0.39 is 29.7 Å². The number of piperidine rings is 1. The topological polar surface area (TPSA) is 127 Å². The molecule has 10 heteroatoms. The molecule has 1 saturated carbocycles. The molecule has 8 nitrogen and oxygen atoms in total. The number of aromatic amines is 1. The van der Waals surface area contributed by atoms with Crippen LogP contribution >= 0.6 is 11.6 Å². The molecule has 0 bridgehead atoms. The molecule has 4 rings (SSSR count). The molecule has 1 aliphatic heterocycles. The second-order valence-corrected chi connectivity index (χ2v) is 9.20. The normalized spacial score (nSPS) is 19.9. The van der Waals surface area contributed by atoms with Gasteiger partial charge in [-0.05, 0) is 49.8 Å². The first-order valence-corrected chi connectivity index (χ1v) is 11.5. The number of aromatic nitrogens is 1. The molecule has 174 valence electrons. The van der Waals surface area contributed by atoms with Crippen molar-refractivity contribution in [2.45, 2.75) is 50.6 Å². The highest BCUT2D eigenvalue weighted by atomic mass is 35.5. The van der Waals surface area contributed by atoms with Crippen LogP contribution in [0.3, 0.4) is 0 Å². The molecule has 0 radical (unpaired) electrons. The number of benzene rings is 1. The van der Waals surface area contributed by atoms with Gasteiger partial charge in [-0.1, -0.05) is 24.4 Å². The zero-order valence-corrected chi connectivity index (χ0v) is 18.7. The Balaban J connectivity index is 1.44. The van der Waals surface area contributed by atoms with Gasteiger partial charge in [0.2, 0.25) is 11.8 Å². The van der Waals surface area contributed by atoms with E-state index in [-0.39, 0.29) is 29.0 Å². The minimum absolute atomic E-state index is 0.104. The van der Waals surface area contributed by atoms with Crippen LogP contribution in [0.4, 0.5) is 4.39 Å². The van der Waals surface area contributed by atoms with Crippen LogP contribution in [-0.2, 0) is 9.59 Å². The number of hydrogen-bond acceptors (Lipinski definition) is 4. The molecule has 1 aromatic heterocycles. The van der Waals surface area contributed by atoms with E-state index in [0.29, 0.717) is 36.2 Å². The number of carbonyl (C=O) groups is 3. The Labute approximate surface area is 195 Å². The summed E-state index contributed by atoms with van der Waals surface area (Å²) in [7, 11) is 0. The van der Waals surface area contributed by atoms with Crippen molar-refractivity contribution < 1.29 is 18.8 Å². The van der Waals surface area contributed by atoms with Crippen LogP contribution in [0.5, 0.6) is 0 Å². The summed E-state index contributed by atoms with van der Waals surface area (Å²) in [6, 6.07) is 4.31. The van der Waals surface area contributed by atoms with Crippen molar-refractivity contribution in [2.75, 3.05) is 6.54 Å². The molecule has 1 aliphatic carbocycles. The van der Waals surface area contributed by atoms with E-state index in [1.165, 1.54) is 12.1 Å². The Morgan fingerprint density at radius 1 is 1.21 bits per heavy atom. The summed E-state index contributed by atoms with van der Waals surface area (Å²) < 4.78 is 13.6. The quantitative estimate of drug-likeness (QED) is 0.470. The lowest BCUT2D eigenvalue weighted by molar-refractivity contribution is -0.128. The maximum atomic E-state index is 13.6. The van der Waals surface area contributed by atoms with Crippen molar-refractivity contribution in [2.24, 2.45) is 11.8 Å². The largest absolute Gasteiger partial charge is 0.356 e. The monoisotopic (exact) mass is 473 g/mol. The van der Waals surface area contributed by atoms with Gasteiger partial charge < -0.3 is 20.9 Å². The maximum absolute atomic E-state index is 13.6. The number of carbonyl (C=O) groups excluding carboxylic acids is 3. The summed E-state index contributed by atoms with van der Waals surface area (Å²) in [5.41, 5.74) is 0.533. The van der Waals surface area contributed by atoms with Crippen LogP contribution in [0.1, 0.15) is 49.0 Å². The first-order chi connectivity index (χ1) is 15.8. The van der Waals surface area contributed by atoms with Crippen molar-refractivity contribution in [1.82, 2.24) is 20.9 Å². The predicted molar refractivity (Wildman–Crippen MR) is 120 cm³/mol. The van der Waals surface area contributed by atoms with Crippen molar-refractivity contribution in [3.8, 4) is 6.07 Å². The van der Waals surface area contributed by atoms with E-state index in [1.54, 1.807) is 0 Å². The first-order valence-electron chi connectivity index (χ1n) is 11.1. The van der Waals surface area contributed by atoms with Gasteiger partial charge in [-0.25, -0.2) is 4.39 Å². The van der Waals surface area contributed by atoms with Crippen molar-refractivity contribution in [3.05, 3.63) is 34.7 Å². The standard InChI is InChI=1S/C23H25ClFN5O3/c24-17-8-14(25)9-18-16(17)10-20(29-18)23(33)30-19(6-12-3-4-12)22(32)28-15(11-26)7-13-2-1-5-27-21(13)31/h8-10,12-13,15,19,29H,1-7H2,(H,27,31)(H,28,32)(H,30,33)/t13-,15-,19-/m0/s1. The molecule has 3 atom stereocenters. The Morgan fingerprint density at radius 3 is 2.70 bits per heavy atom. The lowest BCUT2D eigenvalue weighted by Crippen LogP contribution is -2.50. The molecule has 1 aromatic carbocycles. The SMILES string of the molecule is N#C[C@H](C[C@@H]1CCCNC1=O)NC(=O)[C@H](CC1CC1)NC(=O)c1cc2c(Cl)cc(F)cc2[nH]1. The molecule has 33 heavy (non-hydrogen) atoms. The molecular formula is C23H25ClFN5O3. The zero-order chi connectivity index (χ0) is 23.5. The molecule has 2 aromatic rings. The van der Waals surface area contributed by atoms with E-state index in [4.69, 9.17) is 11.6 Å². The third-order valence-corrected chi connectivity index (χ3v) is 6.49. The summed E-state index contributed by atoms with van der Waals surface area (Å²) in [4.78, 5) is 40.7. The average molecular weight is 474 g/mol. The maximum Gasteiger partial charge on any atom is 0.268 e. The average Bonchev–Trinajstić information content (AvgIpc) is 3.49. The van der Waals surface area contributed by atoms with Crippen molar-refractivity contribution >= 4 is 40.2 Å². The summed E-state index contributed by atoms with van der Waals surface area (Å²) >= 11 is 6.06. The number of nitrogens with zero attached hydrogens (tertiary/aromatic N) is 1. The third kappa shape index (κ3) is 5.63. The number of rotatable bonds is 8. The highest BCUT2D eigenvalue weighted by molar-refractivity contribution is 6.35. The molecule has 2 heterocycles. The van der Waals surface area contributed by atoms with Crippen LogP contribution in [-0.4, -0.2) is 41.3 Å². The van der Waals surface area contributed by atoms with E-state index >= 15 is 0 Å². The summed E-state index contributed by atoms with van der Waals surface area (Å²) in [6.07, 6.45) is 4.14. The van der Waals surface area contributed by atoms with E-state index in [0.717, 1.165) is 25.3 Å². The number of nitriles is 1. The fraction of sp³-hybridized carbons (Fsp3) is 0.478. The fourth-order valence-electron chi connectivity index (χ4n) is 4.20. The summed E-state index contributed by atoms with van der Waals surface area (Å²) in [5, 5.41) is 18.4. The van der Waals surface area contributed by atoms with Crippen LogP contribution in [0, 0.1) is 29.0 Å². The Hall–Kier alpha value is -3.12. The Morgan fingerprint density at radius 2 is 2.00 bits per heavy atom. The lowest BCUT2D eigenvalue weighted by Gasteiger charge is -2.25. The number of fused-ring (bicyclic) bond motifs is 1. The van der Waals surface area contributed by atoms with Gasteiger partial charge in [-0.2, -0.15) is 5.26 Å². The number of halogens is 2. The highest BCUT2D eigenvalue weighted by Gasteiger charge is 2.33. The first kappa shape index (κ1) is 23.1. The molecule has 2 aliphatic rings. The second kappa shape index (κ2) is 9.79. The van der Waals surface area contributed by atoms with Crippen LogP contribution in [0.2, 0.25) is 5.02 Å². The van der Waals surface area contributed by atoms with Gasteiger partial charge in [-0.3, -0.25) is 14.4 Å². The molecule has 2 fully saturated rings. The van der Waals surface area contributed by atoms with Crippen LogP contribution in [0.25, 0.3) is 10.9 Å². The smallest absolute Gasteiger partial charge is 0.268 e. The molecule has 4 N–H and O–H groups in total. The minimum atomic E-state index is -0.834. The minimum Gasteiger partial charge on any atom is -0.356 e. The van der Waals surface area contributed by atoms with Crippen molar-refractivity contribution in [1.29, 1.82) is 5.26 Å². The van der Waals surface area contributed by atoms with E-state index in [9.17, 15) is 24.0 Å². The number of hydrogen-bond donors (Lipinski definition) is 4. The molecule has 1 saturated heterocycles. The second-order valence-electron chi connectivity index (χ2n) is 8.79. The molecule has 3 amide bonds. The van der Waals surface area contributed by atoms with E-state index in [2.05, 4.69) is 27.0 Å². The molecular weight excluding hydrogens is 449 g/mol. The van der Waals surface area contributed by atoms with Gasteiger partial charge in [0.05, 0.1) is 16.6 Å². The number of H-pyrrole nitrogens is 1. The van der Waals surface area contributed by atoms with Gasteiger partial charge in [0.15, 0.2) is 0 Å². The number of nitrogens with one attached hydrogen (secondary N) is 4. The third-order valence-electron chi connectivity index (χ3n) is 6.18. The Kier molecular flexibility index (Phi) is 6.84. The van der Waals surface area contributed by atoms with Gasteiger partial charge >= 0.3 is 0 Å². The zero-order valence-electron chi connectivity index (χ0n) is 17.9. The fourth-order valence-corrected chi connectivity index (χ4v) is 4.46. The molecule has 0 unspecified atom stereocenters. The van der Waals surface area contributed by atoms with Gasteiger partial charge in [-0.15, -0.1) is 0 Å². The van der Waals surface area contributed by atoms with Crippen LogP contribution in [0.15, 0.2) is 18.2 Å². The van der Waals surface area contributed by atoms with Crippen LogP contribution < -0.4 is 16.0 Å². The van der Waals surface area contributed by atoms with Gasteiger partial charge in [0, 0.05) is 17.8 Å². The summed E-state index contributed by atoms with van der Waals surface area (Å²) in [6.45, 7) is 0.625. The lowest BCUT2D eigenvalue weighted by atomic mass is 9.92.